The highest BCUT2D eigenvalue weighted by molar-refractivity contribution is 9.10. The third kappa shape index (κ3) is 2.90. The molecule has 0 fully saturated rings. The lowest BCUT2D eigenvalue weighted by Crippen LogP contribution is -2.40. The molecule has 5 nitrogen and oxygen atoms in total. The molecule has 0 saturated carbocycles. The van der Waals surface area contributed by atoms with E-state index in [1.54, 1.807) is 6.07 Å². The number of nitro benzene ring substituents is 1. The maximum absolute atomic E-state index is 11.0. The van der Waals surface area contributed by atoms with Crippen LogP contribution in [0, 0.1) is 10.1 Å². The minimum absolute atomic E-state index is 0.106. The first-order valence-corrected chi connectivity index (χ1v) is 7.86. The number of nitrogens with two attached hydrogens (primary N) is 1. The quantitative estimate of drug-likeness (QED) is 0.671. The lowest BCUT2D eigenvalue weighted by atomic mass is 9.96. The van der Waals surface area contributed by atoms with Gasteiger partial charge < -0.3 is 5.73 Å². The minimum Gasteiger partial charge on any atom is -0.312 e. The number of nitrogens with zero attached hydrogens (tertiary/aromatic N) is 2. The maximum atomic E-state index is 11.0. The highest BCUT2D eigenvalue weighted by atomic mass is 79.9. The molecule has 0 saturated heterocycles. The Kier molecular flexibility index (Phi) is 4.24. The average Bonchev–Trinajstić information content (AvgIpc) is 2.50. The van der Waals surface area contributed by atoms with E-state index in [1.807, 2.05) is 18.2 Å². The third-order valence-electron chi connectivity index (χ3n) is 4.00. The minimum atomic E-state index is -0.368. The highest BCUT2D eigenvalue weighted by Gasteiger charge is 2.28. The predicted molar refractivity (Wildman–Crippen MR) is 88.3 cm³/mol. The summed E-state index contributed by atoms with van der Waals surface area (Å²) in [4.78, 5) is 12.8. The van der Waals surface area contributed by atoms with Crippen molar-refractivity contribution in [1.29, 1.82) is 0 Å². The summed E-state index contributed by atoms with van der Waals surface area (Å²) < 4.78 is 0.710. The second-order valence-electron chi connectivity index (χ2n) is 5.41. The zero-order valence-electron chi connectivity index (χ0n) is 11.9. The largest absolute Gasteiger partial charge is 0.312 e. The van der Waals surface area contributed by atoms with Gasteiger partial charge in [0, 0.05) is 35.3 Å². The molecule has 3 rings (SSSR count). The van der Waals surface area contributed by atoms with E-state index in [0.717, 1.165) is 30.6 Å². The molecule has 0 spiro atoms. The number of hydrogen-bond donors (Lipinski definition) is 1. The summed E-state index contributed by atoms with van der Waals surface area (Å²) in [6, 6.07) is 13.3. The Labute approximate surface area is 137 Å². The second kappa shape index (κ2) is 6.16. The van der Waals surface area contributed by atoms with Crippen LogP contribution in [0.15, 0.2) is 46.9 Å². The van der Waals surface area contributed by atoms with Gasteiger partial charge in [0.15, 0.2) is 0 Å². The summed E-state index contributed by atoms with van der Waals surface area (Å²) in [6.45, 7) is 1.56. The van der Waals surface area contributed by atoms with Crippen molar-refractivity contribution in [3.05, 3.63) is 73.7 Å². The van der Waals surface area contributed by atoms with Crippen molar-refractivity contribution < 1.29 is 4.92 Å². The number of non-ortho nitro benzene ring substituents is 1. The number of benzene rings is 2. The Hall–Kier alpha value is -1.76. The zero-order chi connectivity index (χ0) is 15.7. The summed E-state index contributed by atoms with van der Waals surface area (Å²) in [5.41, 5.74) is 9.61. The molecule has 6 heteroatoms. The number of nitro groups is 1. The van der Waals surface area contributed by atoms with E-state index in [-0.39, 0.29) is 16.8 Å². The summed E-state index contributed by atoms with van der Waals surface area (Å²) in [5.74, 6) is 0. The van der Waals surface area contributed by atoms with E-state index in [9.17, 15) is 10.1 Å². The lowest BCUT2D eigenvalue weighted by molar-refractivity contribution is -0.385. The first-order valence-electron chi connectivity index (χ1n) is 7.06. The number of hydrogen-bond acceptors (Lipinski definition) is 4. The highest BCUT2D eigenvalue weighted by Crippen LogP contribution is 2.36. The monoisotopic (exact) mass is 361 g/mol. The summed E-state index contributed by atoms with van der Waals surface area (Å²) in [6.07, 6.45) is 0.495. The van der Waals surface area contributed by atoms with Gasteiger partial charge in [0.1, 0.15) is 0 Å². The molecular formula is C16H16BrN3O2. The number of fused-ring (bicyclic) bond motifs is 1. The molecule has 1 heterocycles. The van der Waals surface area contributed by atoms with E-state index in [1.165, 1.54) is 11.6 Å². The standard InChI is InChI=1S/C16H16BrN3O2/c17-14-9-13(20(21)22)8-12-6-7-19(16(18)15(12)14)10-11-4-2-1-3-5-11/h1-5,8-9,16H,6-7,10,18H2. The third-order valence-corrected chi connectivity index (χ3v) is 4.65. The van der Waals surface area contributed by atoms with Crippen molar-refractivity contribution in [1.82, 2.24) is 4.90 Å². The summed E-state index contributed by atoms with van der Waals surface area (Å²) in [7, 11) is 0. The average molecular weight is 362 g/mol. The van der Waals surface area contributed by atoms with Crippen LogP contribution in [0.5, 0.6) is 0 Å². The van der Waals surface area contributed by atoms with Gasteiger partial charge in [-0.3, -0.25) is 15.0 Å². The molecule has 0 bridgehead atoms. The van der Waals surface area contributed by atoms with Gasteiger partial charge in [-0.2, -0.15) is 0 Å². The van der Waals surface area contributed by atoms with E-state index >= 15 is 0 Å². The van der Waals surface area contributed by atoms with Crippen LogP contribution in [0.3, 0.4) is 0 Å². The van der Waals surface area contributed by atoms with Crippen molar-refractivity contribution in [2.24, 2.45) is 5.73 Å². The van der Waals surface area contributed by atoms with E-state index in [0.29, 0.717) is 4.47 Å². The fourth-order valence-corrected chi connectivity index (χ4v) is 3.61. The van der Waals surface area contributed by atoms with Crippen molar-refractivity contribution in [2.75, 3.05) is 6.54 Å². The van der Waals surface area contributed by atoms with Gasteiger partial charge in [-0.05, 0) is 17.5 Å². The van der Waals surface area contributed by atoms with E-state index in [4.69, 9.17) is 5.73 Å². The molecule has 1 aliphatic rings. The van der Waals surface area contributed by atoms with Gasteiger partial charge in [0.2, 0.25) is 0 Å². The van der Waals surface area contributed by atoms with Crippen LogP contribution in [0.2, 0.25) is 0 Å². The van der Waals surface area contributed by atoms with Crippen molar-refractivity contribution in [3.63, 3.8) is 0 Å². The zero-order valence-corrected chi connectivity index (χ0v) is 13.5. The molecule has 22 heavy (non-hydrogen) atoms. The van der Waals surface area contributed by atoms with Crippen molar-refractivity contribution >= 4 is 21.6 Å². The predicted octanol–water partition coefficient (Wildman–Crippen LogP) is 3.37. The van der Waals surface area contributed by atoms with Crippen LogP contribution in [0.25, 0.3) is 0 Å². The molecule has 2 aromatic carbocycles. The Bertz CT molecular complexity index is 706. The van der Waals surface area contributed by atoms with Gasteiger partial charge >= 0.3 is 0 Å². The number of halogens is 1. The van der Waals surface area contributed by atoms with Crippen LogP contribution in [0.4, 0.5) is 5.69 Å². The van der Waals surface area contributed by atoms with Gasteiger partial charge in [-0.25, -0.2) is 0 Å². The summed E-state index contributed by atoms with van der Waals surface area (Å²) >= 11 is 3.44. The molecular weight excluding hydrogens is 346 g/mol. The molecule has 1 aliphatic heterocycles. The van der Waals surface area contributed by atoms with Crippen molar-refractivity contribution in [2.45, 2.75) is 19.1 Å². The Morgan fingerprint density at radius 2 is 2.05 bits per heavy atom. The SMILES string of the molecule is NC1c2c(Br)cc([N+](=O)[O-])cc2CCN1Cc1ccccc1. The molecule has 2 N–H and O–H groups in total. The van der Waals surface area contributed by atoms with Crippen LogP contribution < -0.4 is 5.73 Å². The number of rotatable bonds is 3. The molecule has 0 amide bonds. The topological polar surface area (TPSA) is 72.4 Å². The van der Waals surface area contributed by atoms with Crippen LogP contribution >= 0.6 is 15.9 Å². The lowest BCUT2D eigenvalue weighted by Gasteiger charge is -2.35. The Morgan fingerprint density at radius 1 is 1.32 bits per heavy atom. The second-order valence-corrected chi connectivity index (χ2v) is 6.26. The fraction of sp³-hybridized carbons (Fsp3) is 0.250. The smallest absolute Gasteiger partial charge is 0.270 e. The van der Waals surface area contributed by atoms with Gasteiger partial charge in [0.05, 0.1) is 11.1 Å². The molecule has 1 atom stereocenters. The van der Waals surface area contributed by atoms with E-state index < -0.39 is 0 Å². The Balaban J connectivity index is 1.89. The van der Waals surface area contributed by atoms with Gasteiger partial charge in [0.25, 0.3) is 5.69 Å². The van der Waals surface area contributed by atoms with Crippen LogP contribution in [-0.4, -0.2) is 16.4 Å². The maximum Gasteiger partial charge on any atom is 0.270 e. The van der Waals surface area contributed by atoms with E-state index in [2.05, 4.69) is 33.0 Å². The first kappa shape index (κ1) is 15.1. The first-order chi connectivity index (χ1) is 10.6. The normalized spacial score (nSPS) is 18.0. The van der Waals surface area contributed by atoms with Crippen LogP contribution in [0.1, 0.15) is 22.9 Å². The van der Waals surface area contributed by atoms with Gasteiger partial charge in [-0.1, -0.05) is 46.3 Å². The summed E-state index contributed by atoms with van der Waals surface area (Å²) in [5, 5.41) is 11.0. The molecule has 2 aromatic rings. The molecule has 0 aliphatic carbocycles. The molecule has 0 aromatic heterocycles. The Morgan fingerprint density at radius 3 is 2.73 bits per heavy atom. The fourth-order valence-electron chi connectivity index (χ4n) is 2.88. The van der Waals surface area contributed by atoms with Crippen molar-refractivity contribution in [3.8, 4) is 0 Å². The van der Waals surface area contributed by atoms with Crippen LogP contribution in [-0.2, 0) is 13.0 Å². The molecule has 0 radical (unpaired) electrons. The molecule has 114 valence electrons. The molecule has 1 unspecified atom stereocenters. The van der Waals surface area contributed by atoms with Gasteiger partial charge in [-0.15, -0.1) is 0 Å².